The molecule has 0 aliphatic heterocycles. The first-order chi connectivity index (χ1) is 7.88. The van der Waals surface area contributed by atoms with Crippen LogP contribution in [0.2, 0.25) is 0 Å². The third-order valence-corrected chi connectivity index (χ3v) is 2.44. The van der Waals surface area contributed by atoms with Crippen LogP contribution in [0.15, 0.2) is 24.3 Å². The molecule has 0 radical (unpaired) electrons. The van der Waals surface area contributed by atoms with E-state index in [0.29, 0.717) is 22.6 Å². The van der Waals surface area contributed by atoms with Crippen LogP contribution in [0.5, 0.6) is 0 Å². The van der Waals surface area contributed by atoms with Gasteiger partial charge < -0.3 is 5.73 Å². The lowest BCUT2D eigenvalue weighted by atomic mass is 10.0. The van der Waals surface area contributed by atoms with E-state index >= 15 is 0 Å². The largest absolute Gasteiger partial charge is 0.416 e. The predicted octanol–water partition coefficient (Wildman–Crippen LogP) is 2.99. The van der Waals surface area contributed by atoms with Crippen molar-refractivity contribution in [3.63, 3.8) is 0 Å². The van der Waals surface area contributed by atoms with Crippen molar-refractivity contribution in [2.24, 2.45) is 0 Å². The summed E-state index contributed by atoms with van der Waals surface area (Å²) in [4.78, 5) is 0. The smallest absolute Gasteiger partial charge is 0.384 e. The molecule has 6 heteroatoms. The Morgan fingerprint density at radius 2 is 1.94 bits per heavy atom. The Labute approximate surface area is 95.5 Å². The molecule has 2 rings (SSSR count). The third-order valence-electron chi connectivity index (χ3n) is 2.44. The van der Waals surface area contributed by atoms with E-state index in [1.807, 2.05) is 0 Å². The number of hydrogen-bond donors (Lipinski definition) is 2. The standard InChI is InChI=1S/C11H10F3N3/c1-6-2-3-7(11(12,13)14)4-8(6)9-5-10(15)17-16-9/h2-5H,1H3,(H3,15,16,17). The van der Waals surface area contributed by atoms with E-state index in [1.54, 1.807) is 6.92 Å². The van der Waals surface area contributed by atoms with Gasteiger partial charge in [-0.2, -0.15) is 18.3 Å². The lowest BCUT2D eigenvalue weighted by molar-refractivity contribution is -0.137. The Morgan fingerprint density at radius 3 is 2.47 bits per heavy atom. The van der Waals surface area contributed by atoms with E-state index in [-0.39, 0.29) is 0 Å². The molecule has 1 aromatic heterocycles. The molecule has 1 aromatic carbocycles. The molecule has 0 aliphatic rings. The minimum Gasteiger partial charge on any atom is -0.384 e. The molecule has 17 heavy (non-hydrogen) atoms. The maximum Gasteiger partial charge on any atom is 0.416 e. The zero-order chi connectivity index (χ0) is 12.6. The second-order valence-electron chi connectivity index (χ2n) is 3.74. The number of H-pyrrole nitrogens is 1. The van der Waals surface area contributed by atoms with Gasteiger partial charge in [-0.1, -0.05) is 6.07 Å². The number of aromatic amines is 1. The van der Waals surface area contributed by atoms with Crippen molar-refractivity contribution in [3.05, 3.63) is 35.4 Å². The first-order valence-corrected chi connectivity index (χ1v) is 4.87. The van der Waals surface area contributed by atoms with Crippen molar-refractivity contribution in [2.75, 3.05) is 5.73 Å². The SMILES string of the molecule is Cc1ccc(C(F)(F)F)cc1-c1cc(N)[nH]n1. The topological polar surface area (TPSA) is 54.7 Å². The summed E-state index contributed by atoms with van der Waals surface area (Å²) in [6.45, 7) is 1.72. The predicted molar refractivity (Wildman–Crippen MR) is 58.2 cm³/mol. The molecule has 3 nitrogen and oxygen atoms in total. The number of aromatic nitrogens is 2. The Kier molecular flexibility index (Phi) is 2.57. The fraction of sp³-hybridized carbons (Fsp3) is 0.182. The van der Waals surface area contributed by atoms with Gasteiger partial charge in [-0.3, -0.25) is 5.10 Å². The van der Waals surface area contributed by atoms with Crippen LogP contribution >= 0.6 is 0 Å². The number of hydrogen-bond acceptors (Lipinski definition) is 2. The molecule has 0 atom stereocenters. The van der Waals surface area contributed by atoms with Crippen LogP contribution in [-0.2, 0) is 6.18 Å². The average Bonchev–Trinajstić information content (AvgIpc) is 2.63. The van der Waals surface area contributed by atoms with Crippen molar-refractivity contribution in [1.29, 1.82) is 0 Å². The van der Waals surface area contributed by atoms with Gasteiger partial charge in [0.1, 0.15) is 5.82 Å². The summed E-state index contributed by atoms with van der Waals surface area (Å²) < 4.78 is 37.7. The van der Waals surface area contributed by atoms with Gasteiger partial charge in [-0.05, 0) is 24.6 Å². The van der Waals surface area contributed by atoms with Crippen LogP contribution in [0.4, 0.5) is 19.0 Å². The number of nitrogen functional groups attached to an aromatic ring is 1. The highest BCUT2D eigenvalue weighted by Gasteiger charge is 2.31. The second-order valence-corrected chi connectivity index (χ2v) is 3.74. The molecule has 0 aliphatic carbocycles. The number of nitrogens with zero attached hydrogens (tertiary/aromatic N) is 1. The number of rotatable bonds is 1. The summed E-state index contributed by atoms with van der Waals surface area (Å²) in [6.07, 6.45) is -4.36. The van der Waals surface area contributed by atoms with Gasteiger partial charge in [0.15, 0.2) is 0 Å². The minimum absolute atomic E-state index is 0.316. The Balaban J connectivity index is 2.54. The van der Waals surface area contributed by atoms with E-state index in [9.17, 15) is 13.2 Å². The minimum atomic E-state index is -4.36. The molecule has 2 aromatic rings. The maximum atomic E-state index is 12.6. The maximum absolute atomic E-state index is 12.6. The number of nitrogens with two attached hydrogens (primary N) is 1. The fourth-order valence-electron chi connectivity index (χ4n) is 1.55. The molecule has 1 heterocycles. The fourth-order valence-corrected chi connectivity index (χ4v) is 1.55. The van der Waals surface area contributed by atoms with E-state index in [0.717, 1.165) is 12.1 Å². The van der Waals surface area contributed by atoms with Crippen molar-refractivity contribution >= 4 is 5.82 Å². The molecule has 0 saturated carbocycles. The first kappa shape index (κ1) is 11.5. The van der Waals surface area contributed by atoms with Gasteiger partial charge in [0.25, 0.3) is 0 Å². The van der Waals surface area contributed by atoms with Crippen molar-refractivity contribution in [1.82, 2.24) is 10.2 Å². The molecule has 0 unspecified atom stereocenters. The van der Waals surface area contributed by atoms with Crippen LogP contribution in [0.25, 0.3) is 11.3 Å². The monoisotopic (exact) mass is 241 g/mol. The van der Waals surface area contributed by atoms with Crippen molar-refractivity contribution in [2.45, 2.75) is 13.1 Å². The summed E-state index contributed by atoms with van der Waals surface area (Å²) in [6, 6.07) is 5.05. The number of halogens is 3. The van der Waals surface area contributed by atoms with E-state index in [1.165, 1.54) is 12.1 Å². The number of alkyl halides is 3. The van der Waals surface area contributed by atoms with Crippen LogP contribution in [0.3, 0.4) is 0 Å². The van der Waals surface area contributed by atoms with E-state index < -0.39 is 11.7 Å². The summed E-state index contributed by atoms with van der Waals surface area (Å²) in [5, 5.41) is 6.35. The summed E-state index contributed by atoms with van der Waals surface area (Å²) >= 11 is 0. The number of anilines is 1. The highest BCUT2D eigenvalue weighted by atomic mass is 19.4. The van der Waals surface area contributed by atoms with Crippen LogP contribution in [0.1, 0.15) is 11.1 Å². The van der Waals surface area contributed by atoms with Gasteiger partial charge in [0, 0.05) is 11.6 Å². The summed E-state index contributed by atoms with van der Waals surface area (Å²) in [5.74, 6) is 0.316. The zero-order valence-electron chi connectivity index (χ0n) is 8.97. The molecule has 3 N–H and O–H groups in total. The van der Waals surface area contributed by atoms with Crippen LogP contribution in [-0.4, -0.2) is 10.2 Å². The number of aryl methyl sites for hydroxylation is 1. The second kappa shape index (κ2) is 3.80. The highest BCUT2D eigenvalue weighted by molar-refractivity contribution is 5.66. The Bertz CT molecular complexity index is 543. The summed E-state index contributed by atoms with van der Waals surface area (Å²) in [5.41, 5.74) is 6.30. The normalized spacial score (nSPS) is 11.8. The average molecular weight is 241 g/mol. The van der Waals surface area contributed by atoms with Gasteiger partial charge in [-0.25, -0.2) is 0 Å². The molecule has 0 bridgehead atoms. The lowest BCUT2D eigenvalue weighted by Crippen LogP contribution is -2.05. The van der Waals surface area contributed by atoms with E-state index in [2.05, 4.69) is 10.2 Å². The molecule has 0 spiro atoms. The van der Waals surface area contributed by atoms with Gasteiger partial charge in [0.2, 0.25) is 0 Å². The Hall–Kier alpha value is -1.98. The summed E-state index contributed by atoms with van der Waals surface area (Å²) in [7, 11) is 0. The van der Waals surface area contributed by atoms with Crippen LogP contribution in [0, 0.1) is 6.92 Å². The molecule has 90 valence electrons. The van der Waals surface area contributed by atoms with Crippen molar-refractivity contribution < 1.29 is 13.2 Å². The quantitative estimate of drug-likeness (QED) is 0.806. The van der Waals surface area contributed by atoms with Crippen LogP contribution < -0.4 is 5.73 Å². The molecule has 0 fully saturated rings. The number of benzene rings is 1. The van der Waals surface area contributed by atoms with Gasteiger partial charge in [-0.15, -0.1) is 0 Å². The zero-order valence-corrected chi connectivity index (χ0v) is 8.97. The molecule has 0 saturated heterocycles. The molecular weight excluding hydrogens is 231 g/mol. The third kappa shape index (κ3) is 2.25. The van der Waals surface area contributed by atoms with Crippen molar-refractivity contribution in [3.8, 4) is 11.3 Å². The lowest BCUT2D eigenvalue weighted by Gasteiger charge is -2.09. The number of nitrogens with one attached hydrogen (secondary N) is 1. The van der Waals surface area contributed by atoms with Gasteiger partial charge >= 0.3 is 6.18 Å². The molecule has 0 amide bonds. The Morgan fingerprint density at radius 1 is 1.24 bits per heavy atom. The van der Waals surface area contributed by atoms with Gasteiger partial charge in [0.05, 0.1) is 11.3 Å². The first-order valence-electron chi connectivity index (χ1n) is 4.87. The van der Waals surface area contributed by atoms with E-state index in [4.69, 9.17) is 5.73 Å². The highest BCUT2D eigenvalue weighted by Crippen LogP contribution is 2.33. The molecular formula is C11H10F3N3.